The summed E-state index contributed by atoms with van der Waals surface area (Å²) in [5.41, 5.74) is 0.730. The number of nitrogens with zero attached hydrogens (tertiary/aromatic N) is 1. The number of primary sulfonamides is 1. The average molecular weight is 336 g/mol. The van der Waals surface area contributed by atoms with Gasteiger partial charge in [0.25, 0.3) is 0 Å². The molecule has 1 aromatic heterocycles. The van der Waals surface area contributed by atoms with Gasteiger partial charge < -0.3 is 4.42 Å². The van der Waals surface area contributed by atoms with E-state index in [4.69, 9.17) is 9.56 Å². The number of hydrogen-bond acceptors (Lipinski definition) is 5. The maximum atomic E-state index is 11.2. The molecule has 1 aromatic carbocycles. The molecule has 0 atom stereocenters. The van der Waals surface area contributed by atoms with Crippen LogP contribution in [0.15, 0.2) is 51.4 Å². The first kappa shape index (κ1) is 16.9. The Labute approximate surface area is 133 Å². The maximum absolute atomic E-state index is 11.2. The summed E-state index contributed by atoms with van der Waals surface area (Å²) in [7, 11) is -3.74. The molecule has 0 unspecified atom stereocenters. The smallest absolute Gasteiger partial charge is 0.249 e. The van der Waals surface area contributed by atoms with Gasteiger partial charge in [0.15, 0.2) is 0 Å². The highest BCUT2D eigenvalue weighted by Gasteiger charge is 2.12. The molecule has 0 amide bonds. The number of furan rings is 1. The summed E-state index contributed by atoms with van der Waals surface area (Å²) < 4.78 is 28.0. The molecule has 2 N–H and O–H groups in total. The van der Waals surface area contributed by atoms with Gasteiger partial charge >= 0.3 is 0 Å². The monoisotopic (exact) mass is 336 g/mol. The second-order valence-corrected chi connectivity index (χ2v) is 6.48. The first-order chi connectivity index (χ1) is 10.8. The van der Waals surface area contributed by atoms with Crippen LogP contribution < -0.4 is 5.14 Å². The minimum absolute atomic E-state index is 0.00603. The highest BCUT2D eigenvalue weighted by atomic mass is 32.2. The third-order valence-electron chi connectivity index (χ3n) is 3.14. The van der Waals surface area contributed by atoms with Gasteiger partial charge in [-0.1, -0.05) is 6.92 Å². The minimum atomic E-state index is -3.74. The van der Waals surface area contributed by atoms with E-state index in [0.717, 1.165) is 0 Å². The zero-order valence-corrected chi connectivity index (χ0v) is 13.2. The van der Waals surface area contributed by atoms with Crippen LogP contribution in [0.3, 0.4) is 0 Å². The second kappa shape index (κ2) is 6.76. The van der Waals surface area contributed by atoms with E-state index in [0.29, 0.717) is 29.9 Å². The number of rotatable bonds is 6. The van der Waals surface area contributed by atoms with Crippen LogP contribution in [-0.2, 0) is 10.0 Å². The van der Waals surface area contributed by atoms with Gasteiger partial charge in [-0.15, -0.1) is 0 Å². The fraction of sp³-hybridized carbons (Fsp3) is 0.200. The zero-order chi connectivity index (χ0) is 17.0. The molecule has 0 aliphatic carbocycles. The van der Waals surface area contributed by atoms with E-state index in [1.165, 1.54) is 18.2 Å². The molecule has 2 aromatic rings. The fourth-order valence-electron chi connectivity index (χ4n) is 2.03. The summed E-state index contributed by atoms with van der Waals surface area (Å²) >= 11 is 0. The van der Waals surface area contributed by atoms with Gasteiger partial charge in [-0.2, -0.15) is 0 Å². The first-order valence-corrected chi connectivity index (χ1v) is 8.44. The number of benzene rings is 1. The van der Waals surface area contributed by atoms with Gasteiger partial charge in [0, 0.05) is 12.0 Å². The van der Waals surface area contributed by atoms with Gasteiger partial charge in [0.05, 0.1) is 15.9 Å². The second-order valence-electron chi connectivity index (χ2n) is 4.91. The van der Waals surface area contributed by atoms with E-state index < -0.39 is 14.9 Å². The largest absolute Gasteiger partial charge is 0.456 e. The molecule has 0 aliphatic heterocycles. The fourth-order valence-corrected chi connectivity index (χ4v) is 2.55. The summed E-state index contributed by atoms with van der Waals surface area (Å²) in [5.74, 6) is 0.854. The summed E-state index contributed by atoms with van der Waals surface area (Å²) in [4.78, 5) is 10.5. The molecular formula is C15H16N2O5S. The van der Waals surface area contributed by atoms with Gasteiger partial charge in [-0.3, -0.25) is 10.1 Å². The quantitative estimate of drug-likeness (QED) is 0.643. The summed E-state index contributed by atoms with van der Waals surface area (Å²) in [6, 6.07) is 9.17. The van der Waals surface area contributed by atoms with Crippen LogP contribution in [0, 0.1) is 10.1 Å². The van der Waals surface area contributed by atoms with E-state index >= 15 is 0 Å². The normalized spacial score (nSPS) is 12.3. The number of hydrogen-bond donors (Lipinski definition) is 1. The Bertz CT molecular complexity index is 835. The number of allylic oxidation sites excluding steroid dienone is 1. The van der Waals surface area contributed by atoms with Crippen molar-refractivity contribution in [1.82, 2.24) is 0 Å². The predicted molar refractivity (Wildman–Crippen MR) is 85.4 cm³/mol. The molecule has 0 aliphatic rings. The Balaban J connectivity index is 2.28. The SMILES string of the molecule is CCCC(=Cc1ccc(-c2ccc(S(N)(=O)=O)cc2)o1)[N+](=O)[O-]. The standard InChI is InChI=1S/C15H16N2O5S/c1-2-3-12(17(18)19)10-13-6-9-15(22-13)11-4-7-14(8-5-11)23(16,20)21/h4-10H,2-3H2,1H3,(H2,16,20,21). The number of nitro groups is 1. The van der Waals surface area contributed by atoms with Crippen LogP contribution in [0.4, 0.5) is 0 Å². The van der Waals surface area contributed by atoms with Gasteiger partial charge in [0.1, 0.15) is 11.5 Å². The summed E-state index contributed by atoms with van der Waals surface area (Å²) in [5, 5.41) is 16.0. The van der Waals surface area contributed by atoms with Crippen molar-refractivity contribution in [3.8, 4) is 11.3 Å². The molecule has 2 rings (SSSR count). The molecule has 7 nitrogen and oxygen atoms in total. The molecule has 122 valence electrons. The molecule has 8 heteroatoms. The molecule has 23 heavy (non-hydrogen) atoms. The van der Waals surface area contributed by atoms with Crippen molar-refractivity contribution in [1.29, 1.82) is 0 Å². The zero-order valence-electron chi connectivity index (χ0n) is 12.4. The van der Waals surface area contributed by atoms with Crippen LogP contribution in [0.2, 0.25) is 0 Å². The lowest BCUT2D eigenvalue weighted by atomic mass is 10.2. The van der Waals surface area contributed by atoms with Crippen molar-refractivity contribution in [3.05, 3.63) is 58.0 Å². The topological polar surface area (TPSA) is 116 Å². The van der Waals surface area contributed by atoms with E-state index in [2.05, 4.69) is 0 Å². The molecule has 0 fully saturated rings. The third-order valence-corrected chi connectivity index (χ3v) is 4.07. The maximum Gasteiger partial charge on any atom is 0.249 e. The van der Waals surface area contributed by atoms with Gasteiger partial charge in [-0.05, 0) is 42.8 Å². The molecule has 0 saturated carbocycles. The molecule has 1 heterocycles. The van der Waals surface area contributed by atoms with Crippen molar-refractivity contribution in [2.45, 2.75) is 24.7 Å². The average Bonchev–Trinajstić information content (AvgIpc) is 2.94. The number of nitrogens with two attached hydrogens (primary N) is 1. The predicted octanol–water partition coefficient (Wildman–Crippen LogP) is 3.01. The van der Waals surface area contributed by atoms with Crippen LogP contribution in [0.5, 0.6) is 0 Å². The molecule has 0 bridgehead atoms. The highest BCUT2D eigenvalue weighted by molar-refractivity contribution is 7.89. The molecule has 0 saturated heterocycles. The van der Waals surface area contributed by atoms with Crippen molar-refractivity contribution < 1.29 is 17.8 Å². The van der Waals surface area contributed by atoms with E-state index in [9.17, 15) is 18.5 Å². The van der Waals surface area contributed by atoms with Crippen LogP contribution in [0.1, 0.15) is 25.5 Å². The van der Waals surface area contributed by atoms with Crippen molar-refractivity contribution in [2.24, 2.45) is 5.14 Å². The lowest BCUT2D eigenvalue weighted by Gasteiger charge is -2.00. The summed E-state index contributed by atoms with van der Waals surface area (Å²) in [6.07, 6.45) is 2.41. The first-order valence-electron chi connectivity index (χ1n) is 6.89. The van der Waals surface area contributed by atoms with E-state index in [1.54, 1.807) is 24.3 Å². The molecule has 0 spiro atoms. The van der Waals surface area contributed by atoms with Crippen molar-refractivity contribution >= 4 is 16.1 Å². The van der Waals surface area contributed by atoms with E-state index in [-0.39, 0.29) is 10.6 Å². The lowest BCUT2D eigenvalue weighted by molar-refractivity contribution is -0.426. The van der Waals surface area contributed by atoms with Crippen molar-refractivity contribution in [3.63, 3.8) is 0 Å². The summed E-state index contributed by atoms with van der Waals surface area (Å²) in [6.45, 7) is 1.86. The van der Waals surface area contributed by atoms with Crippen molar-refractivity contribution in [2.75, 3.05) is 0 Å². The third kappa shape index (κ3) is 4.27. The molecule has 0 radical (unpaired) electrons. The van der Waals surface area contributed by atoms with Crippen LogP contribution >= 0.6 is 0 Å². The Morgan fingerprint density at radius 1 is 1.26 bits per heavy atom. The van der Waals surface area contributed by atoms with E-state index in [1.807, 2.05) is 6.92 Å². The van der Waals surface area contributed by atoms with Gasteiger partial charge in [0.2, 0.25) is 15.7 Å². The minimum Gasteiger partial charge on any atom is -0.456 e. The Kier molecular flexibility index (Phi) is 4.97. The highest BCUT2D eigenvalue weighted by Crippen LogP contribution is 2.25. The Morgan fingerprint density at radius 3 is 2.43 bits per heavy atom. The Hall–Kier alpha value is -2.45. The number of sulfonamides is 1. The Morgan fingerprint density at radius 2 is 1.91 bits per heavy atom. The molecular weight excluding hydrogens is 320 g/mol. The van der Waals surface area contributed by atoms with Crippen LogP contribution in [-0.4, -0.2) is 13.3 Å². The van der Waals surface area contributed by atoms with Gasteiger partial charge in [-0.25, -0.2) is 13.6 Å². The lowest BCUT2D eigenvalue weighted by Crippen LogP contribution is -2.11. The van der Waals surface area contributed by atoms with Crippen LogP contribution in [0.25, 0.3) is 17.4 Å².